The van der Waals surface area contributed by atoms with Gasteiger partial charge in [0.2, 0.25) is 0 Å². The molecule has 0 saturated carbocycles. The molecule has 0 aliphatic rings. The maximum atomic E-state index is 13.4. The Kier molecular flexibility index (Phi) is 6.32. The molecule has 0 aliphatic heterocycles. The number of halogens is 3. The van der Waals surface area contributed by atoms with Crippen LogP contribution in [0.4, 0.5) is 4.39 Å². The summed E-state index contributed by atoms with van der Waals surface area (Å²) in [6.07, 6.45) is 2.03. The summed E-state index contributed by atoms with van der Waals surface area (Å²) in [5.41, 5.74) is 2.45. The second kappa shape index (κ2) is 7.04. The Balaban J connectivity index is 2.98. The first-order valence-electron chi connectivity index (χ1n) is 6.29. The molecule has 0 N–H and O–H groups in total. The molecular weight excluding hydrogens is 359 g/mol. The van der Waals surface area contributed by atoms with E-state index in [-0.39, 0.29) is 11.2 Å². The summed E-state index contributed by atoms with van der Waals surface area (Å²) in [6.45, 7) is 6.52. The van der Waals surface area contributed by atoms with Crippen LogP contribution in [-0.4, -0.2) is 10.7 Å². The molecule has 0 fully saturated rings. The molecule has 0 atom stereocenters. The summed E-state index contributed by atoms with van der Waals surface area (Å²) < 4.78 is 13.4. The van der Waals surface area contributed by atoms with Crippen molar-refractivity contribution < 1.29 is 4.39 Å². The maximum absolute atomic E-state index is 13.4. The summed E-state index contributed by atoms with van der Waals surface area (Å²) in [4.78, 5) is 0. The van der Waals surface area contributed by atoms with Crippen LogP contribution < -0.4 is 0 Å². The number of benzene rings is 1. The molecule has 0 aromatic heterocycles. The number of rotatable bonds is 6. The Labute approximate surface area is 127 Å². The Bertz CT molecular complexity index is 384. The molecule has 0 saturated heterocycles. The van der Waals surface area contributed by atoms with Crippen LogP contribution in [0.3, 0.4) is 0 Å². The van der Waals surface area contributed by atoms with Crippen molar-refractivity contribution in [2.45, 2.75) is 33.6 Å². The molecule has 1 aromatic carbocycles. The van der Waals surface area contributed by atoms with Gasteiger partial charge in [-0.1, -0.05) is 51.8 Å². The Morgan fingerprint density at radius 3 is 2.33 bits per heavy atom. The molecule has 3 heteroatoms. The predicted molar refractivity (Wildman–Crippen MR) is 84.3 cm³/mol. The lowest BCUT2D eigenvalue weighted by Gasteiger charge is -2.32. The van der Waals surface area contributed by atoms with E-state index < -0.39 is 0 Å². The molecule has 0 heterocycles. The maximum Gasteiger partial charge on any atom is 0.123 e. The van der Waals surface area contributed by atoms with Gasteiger partial charge in [-0.15, -0.1) is 0 Å². The topological polar surface area (TPSA) is 0 Å². The predicted octanol–water partition coefficient (Wildman–Crippen LogP) is 5.50. The smallest absolute Gasteiger partial charge is 0.123 e. The van der Waals surface area contributed by atoms with E-state index in [1.807, 2.05) is 6.07 Å². The molecule has 0 radical (unpaired) electrons. The van der Waals surface area contributed by atoms with Gasteiger partial charge in [0.15, 0.2) is 0 Å². The minimum absolute atomic E-state index is 0.141. The van der Waals surface area contributed by atoms with Gasteiger partial charge in [-0.25, -0.2) is 4.39 Å². The van der Waals surface area contributed by atoms with Gasteiger partial charge in [-0.05, 0) is 54.4 Å². The minimum Gasteiger partial charge on any atom is -0.207 e. The molecule has 1 rings (SSSR count). The van der Waals surface area contributed by atoms with Gasteiger partial charge in [0, 0.05) is 10.7 Å². The van der Waals surface area contributed by atoms with Gasteiger partial charge in [-0.2, -0.15) is 0 Å². The molecular formula is C15H21Br2F. The number of hydrogen-bond donors (Lipinski definition) is 0. The fourth-order valence-corrected chi connectivity index (χ4v) is 4.19. The SMILES string of the molecule is Cc1ccc(F)cc1CC(CBr)(CBr)CC(C)C. The van der Waals surface area contributed by atoms with Crippen LogP contribution in [0.15, 0.2) is 18.2 Å². The molecule has 1 aromatic rings. The largest absolute Gasteiger partial charge is 0.207 e. The van der Waals surface area contributed by atoms with Crippen molar-refractivity contribution in [3.63, 3.8) is 0 Å². The average Bonchev–Trinajstić information content (AvgIpc) is 2.32. The quantitative estimate of drug-likeness (QED) is 0.572. The second-order valence-electron chi connectivity index (χ2n) is 5.61. The molecule has 0 spiro atoms. The van der Waals surface area contributed by atoms with Crippen molar-refractivity contribution in [1.29, 1.82) is 0 Å². The van der Waals surface area contributed by atoms with Crippen LogP contribution in [0.25, 0.3) is 0 Å². The van der Waals surface area contributed by atoms with Crippen LogP contribution in [-0.2, 0) is 6.42 Å². The van der Waals surface area contributed by atoms with E-state index in [0.717, 1.165) is 29.1 Å². The standard InChI is InChI=1S/C15H21Br2F/c1-11(2)7-15(9-16,10-17)8-13-6-14(18)5-4-12(13)3/h4-6,11H,7-10H2,1-3H3. The van der Waals surface area contributed by atoms with Gasteiger partial charge < -0.3 is 0 Å². The summed E-state index contributed by atoms with van der Waals surface area (Å²) in [7, 11) is 0. The van der Waals surface area contributed by atoms with E-state index in [9.17, 15) is 4.39 Å². The molecule has 0 amide bonds. The number of alkyl halides is 2. The highest BCUT2D eigenvalue weighted by Crippen LogP contribution is 2.35. The van der Waals surface area contributed by atoms with Crippen molar-refractivity contribution in [2.24, 2.45) is 11.3 Å². The Morgan fingerprint density at radius 1 is 1.22 bits per heavy atom. The fourth-order valence-electron chi connectivity index (χ4n) is 2.41. The van der Waals surface area contributed by atoms with Crippen LogP contribution in [0.2, 0.25) is 0 Å². The highest BCUT2D eigenvalue weighted by Gasteiger charge is 2.29. The number of hydrogen-bond acceptors (Lipinski definition) is 0. The van der Waals surface area contributed by atoms with Crippen molar-refractivity contribution in [3.8, 4) is 0 Å². The molecule has 102 valence electrons. The monoisotopic (exact) mass is 378 g/mol. The van der Waals surface area contributed by atoms with E-state index >= 15 is 0 Å². The van der Waals surface area contributed by atoms with E-state index in [1.165, 1.54) is 11.6 Å². The van der Waals surface area contributed by atoms with E-state index in [1.54, 1.807) is 6.07 Å². The van der Waals surface area contributed by atoms with Crippen molar-refractivity contribution >= 4 is 31.9 Å². The molecule has 0 unspecified atom stereocenters. The average molecular weight is 380 g/mol. The zero-order valence-corrected chi connectivity index (χ0v) is 14.4. The lowest BCUT2D eigenvalue weighted by Crippen LogP contribution is -2.30. The highest BCUT2D eigenvalue weighted by atomic mass is 79.9. The molecule has 0 bridgehead atoms. The summed E-state index contributed by atoms with van der Waals surface area (Å²) in [5.74, 6) is 0.493. The lowest BCUT2D eigenvalue weighted by atomic mass is 9.78. The van der Waals surface area contributed by atoms with Crippen LogP contribution in [0, 0.1) is 24.1 Å². The van der Waals surface area contributed by atoms with Gasteiger partial charge >= 0.3 is 0 Å². The van der Waals surface area contributed by atoms with Crippen LogP contribution >= 0.6 is 31.9 Å². The Morgan fingerprint density at radius 2 is 1.83 bits per heavy atom. The van der Waals surface area contributed by atoms with E-state index in [2.05, 4.69) is 52.6 Å². The van der Waals surface area contributed by atoms with Crippen LogP contribution in [0.5, 0.6) is 0 Å². The fraction of sp³-hybridized carbons (Fsp3) is 0.600. The van der Waals surface area contributed by atoms with Crippen molar-refractivity contribution in [1.82, 2.24) is 0 Å². The van der Waals surface area contributed by atoms with E-state index in [0.29, 0.717) is 5.92 Å². The normalized spacial score (nSPS) is 12.2. The van der Waals surface area contributed by atoms with Gasteiger partial charge in [0.05, 0.1) is 0 Å². The first-order valence-corrected chi connectivity index (χ1v) is 8.54. The third-order valence-electron chi connectivity index (χ3n) is 3.28. The molecule has 0 aliphatic carbocycles. The zero-order chi connectivity index (χ0) is 13.8. The first kappa shape index (κ1) is 16.2. The zero-order valence-electron chi connectivity index (χ0n) is 11.3. The second-order valence-corrected chi connectivity index (χ2v) is 6.73. The highest BCUT2D eigenvalue weighted by molar-refractivity contribution is 9.09. The summed E-state index contributed by atoms with van der Waals surface area (Å²) in [6, 6.07) is 5.08. The lowest BCUT2D eigenvalue weighted by molar-refractivity contribution is 0.303. The van der Waals surface area contributed by atoms with Crippen molar-refractivity contribution in [2.75, 3.05) is 10.7 Å². The molecule has 0 nitrogen and oxygen atoms in total. The van der Waals surface area contributed by atoms with E-state index in [4.69, 9.17) is 0 Å². The van der Waals surface area contributed by atoms with Gasteiger partial charge in [0.25, 0.3) is 0 Å². The third kappa shape index (κ3) is 4.34. The van der Waals surface area contributed by atoms with Crippen molar-refractivity contribution in [3.05, 3.63) is 35.1 Å². The molecule has 18 heavy (non-hydrogen) atoms. The minimum atomic E-state index is -0.141. The first-order chi connectivity index (χ1) is 8.42. The summed E-state index contributed by atoms with van der Waals surface area (Å²) in [5, 5.41) is 1.86. The van der Waals surface area contributed by atoms with Crippen LogP contribution in [0.1, 0.15) is 31.4 Å². The number of aryl methyl sites for hydroxylation is 1. The van der Waals surface area contributed by atoms with Gasteiger partial charge in [-0.3, -0.25) is 0 Å². The third-order valence-corrected chi connectivity index (χ3v) is 5.66. The summed E-state index contributed by atoms with van der Waals surface area (Å²) >= 11 is 7.28. The van der Waals surface area contributed by atoms with Gasteiger partial charge in [0.1, 0.15) is 5.82 Å². The Hall–Kier alpha value is 0.110.